The van der Waals surface area contributed by atoms with Crippen molar-refractivity contribution in [3.63, 3.8) is 0 Å². The van der Waals surface area contributed by atoms with Gasteiger partial charge in [0.25, 0.3) is 0 Å². The lowest BCUT2D eigenvalue weighted by Crippen LogP contribution is -2.02. The summed E-state index contributed by atoms with van der Waals surface area (Å²) < 4.78 is 2.29. The summed E-state index contributed by atoms with van der Waals surface area (Å²) in [5.74, 6) is 0.660. The molecule has 0 fully saturated rings. The molecular weight excluding hydrogens is 198 g/mol. The quantitative estimate of drug-likeness (QED) is 0.837. The highest BCUT2D eigenvalue weighted by atomic mass is 16.2. The van der Waals surface area contributed by atoms with Gasteiger partial charge in [0.1, 0.15) is 0 Å². The van der Waals surface area contributed by atoms with Crippen molar-refractivity contribution in [2.24, 2.45) is 5.92 Å². The summed E-state index contributed by atoms with van der Waals surface area (Å²) >= 11 is 0. The zero-order chi connectivity index (χ0) is 11.5. The lowest BCUT2D eigenvalue weighted by atomic mass is 10.1. The molecule has 1 N–H and O–H groups in total. The minimum atomic E-state index is 0.220. The predicted octanol–water partition coefficient (Wildman–Crippen LogP) is 2.83. The Labute approximate surface area is 96.5 Å². The maximum atomic E-state index is 8.91. The number of fused-ring (bicyclic) bond motifs is 1. The summed E-state index contributed by atoms with van der Waals surface area (Å²) in [4.78, 5) is 0. The van der Waals surface area contributed by atoms with E-state index in [1.807, 2.05) is 0 Å². The Morgan fingerprint density at radius 3 is 2.75 bits per heavy atom. The van der Waals surface area contributed by atoms with Gasteiger partial charge in [-0.05, 0) is 41.5 Å². The molecule has 0 saturated heterocycles. The van der Waals surface area contributed by atoms with Crippen LogP contribution in [0.4, 0.5) is 0 Å². The molecule has 2 nitrogen and oxygen atoms in total. The summed E-state index contributed by atoms with van der Waals surface area (Å²) in [6.45, 7) is 5.74. The third-order valence-electron chi connectivity index (χ3n) is 2.80. The minimum absolute atomic E-state index is 0.220. The van der Waals surface area contributed by atoms with Crippen molar-refractivity contribution >= 4 is 10.9 Å². The number of nitrogens with zero attached hydrogens (tertiary/aromatic N) is 1. The predicted molar refractivity (Wildman–Crippen MR) is 67.6 cm³/mol. The van der Waals surface area contributed by atoms with Gasteiger partial charge >= 0.3 is 0 Å². The second kappa shape index (κ2) is 4.71. The molecule has 0 amide bonds. The Kier molecular flexibility index (Phi) is 3.30. The number of benzene rings is 1. The van der Waals surface area contributed by atoms with Gasteiger partial charge in [-0.3, -0.25) is 0 Å². The largest absolute Gasteiger partial charge is 0.396 e. The molecule has 0 unspecified atom stereocenters. The maximum Gasteiger partial charge on any atom is 0.0480 e. The van der Waals surface area contributed by atoms with E-state index in [1.54, 1.807) is 0 Å². The van der Waals surface area contributed by atoms with Crippen LogP contribution >= 0.6 is 0 Å². The third kappa shape index (κ3) is 2.27. The molecule has 1 aromatic heterocycles. The van der Waals surface area contributed by atoms with E-state index >= 15 is 0 Å². The molecule has 2 rings (SSSR count). The first-order chi connectivity index (χ1) is 7.70. The molecule has 16 heavy (non-hydrogen) atoms. The van der Waals surface area contributed by atoms with Crippen molar-refractivity contribution in [3.8, 4) is 0 Å². The van der Waals surface area contributed by atoms with Crippen LogP contribution in [0.3, 0.4) is 0 Å². The second-order valence-electron chi connectivity index (χ2n) is 4.73. The fourth-order valence-corrected chi connectivity index (χ4v) is 2.09. The molecule has 86 valence electrons. The molecule has 1 heterocycles. The standard InChI is InChI=1S/C14H19NO/c1-11(2)10-15-7-5-13-9-12(6-8-16)3-4-14(13)15/h3-5,7,9,11,16H,6,8,10H2,1-2H3. The topological polar surface area (TPSA) is 25.2 Å². The highest BCUT2D eigenvalue weighted by molar-refractivity contribution is 5.80. The lowest BCUT2D eigenvalue weighted by Gasteiger charge is -2.08. The monoisotopic (exact) mass is 217 g/mol. The smallest absolute Gasteiger partial charge is 0.0480 e. The van der Waals surface area contributed by atoms with E-state index in [-0.39, 0.29) is 6.61 Å². The Bertz CT molecular complexity index is 471. The van der Waals surface area contributed by atoms with Gasteiger partial charge in [-0.2, -0.15) is 0 Å². The first-order valence-electron chi connectivity index (χ1n) is 5.89. The maximum absolute atomic E-state index is 8.91. The van der Waals surface area contributed by atoms with Crippen LogP contribution in [0.1, 0.15) is 19.4 Å². The summed E-state index contributed by atoms with van der Waals surface area (Å²) in [5.41, 5.74) is 2.49. The molecule has 0 aliphatic carbocycles. The van der Waals surface area contributed by atoms with Crippen LogP contribution < -0.4 is 0 Å². The van der Waals surface area contributed by atoms with Crippen LogP contribution in [0.25, 0.3) is 10.9 Å². The fraction of sp³-hybridized carbons (Fsp3) is 0.429. The van der Waals surface area contributed by atoms with Gasteiger partial charge in [-0.25, -0.2) is 0 Å². The van der Waals surface area contributed by atoms with Gasteiger partial charge in [0.2, 0.25) is 0 Å². The summed E-state index contributed by atoms with van der Waals surface area (Å²) in [5, 5.41) is 10.2. The highest BCUT2D eigenvalue weighted by Crippen LogP contribution is 2.19. The van der Waals surface area contributed by atoms with Crippen molar-refractivity contribution in [3.05, 3.63) is 36.0 Å². The molecule has 0 radical (unpaired) electrons. The van der Waals surface area contributed by atoms with Gasteiger partial charge < -0.3 is 9.67 Å². The molecule has 1 aromatic carbocycles. The molecule has 0 spiro atoms. The SMILES string of the molecule is CC(C)Cn1ccc2cc(CCO)ccc21. The second-order valence-corrected chi connectivity index (χ2v) is 4.73. The summed E-state index contributed by atoms with van der Waals surface area (Å²) in [7, 11) is 0. The van der Waals surface area contributed by atoms with Gasteiger partial charge in [0.15, 0.2) is 0 Å². The normalized spacial score (nSPS) is 11.5. The fourth-order valence-electron chi connectivity index (χ4n) is 2.09. The van der Waals surface area contributed by atoms with E-state index in [9.17, 15) is 0 Å². The summed E-state index contributed by atoms with van der Waals surface area (Å²) in [6, 6.07) is 8.58. The molecule has 2 heteroatoms. The van der Waals surface area contributed by atoms with Gasteiger partial charge in [-0.1, -0.05) is 19.9 Å². The summed E-state index contributed by atoms with van der Waals surface area (Å²) in [6.07, 6.45) is 2.89. The van der Waals surface area contributed by atoms with E-state index in [0.717, 1.165) is 13.0 Å². The zero-order valence-corrected chi connectivity index (χ0v) is 9.98. The number of aromatic nitrogens is 1. The molecule has 0 atom stereocenters. The Hall–Kier alpha value is -1.28. The van der Waals surface area contributed by atoms with Crippen LogP contribution in [-0.2, 0) is 13.0 Å². The molecule has 0 aliphatic rings. The zero-order valence-electron chi connectivity index (χ0n) is 9.98. The van der Waals surface area contributed by atoms with Crippen LogP contribution in [0.5, 0.6) is 0 Å². The molecule has 0 bridgehead atoms. The number of aliphatic hydroxyl groups excluding tert-OH is 1. The highest BCUT2D eigenvalue weighted by Gasteiger charge is 2.03. The average Bonchev–Trinajstić information content (AvgIpc) is 2.61. The number of hydrogen-bond donors (Lipinski definition) is 1. The van der Waals surface area contributed by atoms with Crippen molar-refractivity contribution in [1.29, 1.82) is 0 Å². The van der Waals surface area contributed by atoms with Crippen molar-refractivity contribution in [2.75, 3.05) is 6.61 Å². The number of rotatable bonds is 4. The van der Waals surface area contributed by atoms with Gasteiger partial charge in [-0.15, -0.1) is 0 Å². The van der Waals surface area contributed by atoms with Crippen molar-refractivity contribution in [1.82, 2.24) is 4.57 Å². The third-order valence-corrected chi connectivity index (χ3v) is 2.80. The molecule has 0 aliphatic heterocycles. The van der Waals surface area contributed by atoms with Crippen LogP contribution in [0.15, 0.2) is 30.5 Å². The van der Waals surface area contributed by atoms with E-state index in [1.165, 1.54) is 16.5 Å². The molecule has 0 saturated carbocycles. The van der Waals surface area contributed by atoms with Gasteiger partial charge in [0.05, 0.1) is 0 Å². The number of aliphatic hydroxyl groups is 1. The minimum Gasteiger partial charge on any atom is -0.396 e. The van der Waals surface area contributed by atoms with Crippen LogP contribution in [0.2, 0.25) is 0 Å². The Morgan fingerprint density at radius 2 is 2.06 bits per heavy atom. The molecular formula is C14H19NO. The van der Waals surface area contributed by atoms with Gasteiger partial charge in [0, 0.05) is 24.9 Å². The lowest BCUT2D eigenvalue weighted by molar-refractivity contribution is 0.299. The van der Waals surface area contributed by atoms with Crippen LogP contribution in [0, 0.1) is 5.92 Å². The van der Waals surface area contributed by atoms with E-state index in [2.05, 4.69) is 48.9 Å². The van der Waals surface area contributed by atoms with E-state index < -0.39 is 0 Å². The first-order valence-corrected chi connectivity index (χ1v) is 5.89. The molecule has 2 aromatic rings. The van der Waals surface area contributed by atoms with Crippen LogP contribution in [-0.4, -0.2) is 16.3 Å². The Balaban J connectivity index is 2.34. The van der Waals surface area contributed by atoms with E-state index in [0.29, 0.717) is 5.92 Å². The first kappa shape index (κ1) is 11.2. The Morgan fingerprint density at radius 1 is 1.25 bits per heavy atom. The van der Waals surface area contributed by atoms with Crippen molar-refractivity contribution < 1.29 is 5.11 Å². The van der Waals surface area contributed by atoms with E-state index in [4.69, 9.17) is 5.11 Å². The average molecular weight is 217 g/mol. The van der Waals surface area contributed by atoms with Crippen molar-refractivity contribution in [2.45, 2.75) is 26.8 Å². The number of hydrogen-bond acceptors (Lipinski definition) is 1.